The Morgan fingerprint density at radius 2 is 1.73 bits per heavy atom. The molecule has 0 radical (unpaired) electrons. The monoisotopic (exact) mass is 448 g/mol. The molecule has 1 fully saturated rings. The molecule has 0 bridgehead atoms. The summed E-state index contributed by atoms with van der Waals surface area (Å²) in [6.07, 6.45) is 0.566. The molecular formula is C19H30F2N4O4S. The third kappa shape index (κ3) is 7.15. The van der Waals surface area contributed by atoms with Crippen LogP contribution in [0.2, 0.25) is 0 Å². The van der Waals surface area contributed by atoms with Gasteiger partial charge in [-0.2, -0.15) is 25.8 Å². The van der Waals surface area contributed by atoms with E-state index >= 15 is 0 Å². The number of nitrogens with zero attached hydrogens (tertiary/aromatic N) is 3. The van der Waals surface area contributed by atoms with Crippen molar-refractivity contribution in [2.45, 2.75) is 26.9 Å². The van der Waals surface area contributed by atoms with Crippen molar-refractivity contribution in [2.75, 3.05) is 52.4 Å². The van der Waals surface area contributed by atoms with Crippen LogP contribution in [-0.2, 0) is 21.4 Å². The van der Waals surface area contributed by atoms with E-state index in [0.29, 0.717) is 52.2 Å². The van der Waals surface area contributed by atoms with Crippen molar-refractivity contribution >= 4 is 16.1 Å². The van der Waals surface area contributed by atoms with Gasteiger partial charge in [0.1, 0.15) is 5.75 Å². The molecule has 1 N–H and O–H groups in total. The second kappa shape index (κ2) is 11.5. The van der Waals surface area contributed by atoms with E-state index in [4.69, 9.17) is 0 Å². The fourth-order valence-electron chi connectivity index (χ4n) is 3.27. The molecule has 0 saturated carbocycles. The van der Waals surface area contributed by atoms with E-state index in [2.05, 4.69) is 10.1 Å². The standard InChI is InChI=1S/C19H30F2N4O4S/c1-3-24(4-2)30(27,28)25-13-11-23(12-14-25)15-18(26)22-10-9-16-5-7-17(8-6-16)29-19(20)21/h5-8,19H,3-4,9-15H2,1-2H3,(H,22,26). The van der Waals surface area contributed by atoms with Crippen LogP contribution in [0.25, 0.3) is 0 Å². The summed E-state index contributed by atoms with van der Waals surface area (Å²) in [6, 6.07) is 6.29. The van der Waals surface area contributed by atoms with Crippen LogP contribution in [0.3, 0.4) is 0 Å². The van der Waals surface area contributed by atoms with Crippen molar-refractivity contribution in [2.24, 2.45) is 0 Å². The molecule has 1 amide bonds. The van der Waals surface area contributed by atoms with E-state index in [9.17, 15) is 22.0 Å². The third-order valence-corrected chi connectivity index (χ3v) is 7.13. The molecule has 1 aromatic carbocycles. The summed E-state index contributed by atoms with van der Waals surface area (Å²) in [5, 5.41) is 2.83. The Morgan fingerprint density at radius 3 is 2.27 bits per heavy atom. The number of benzene rings is 1. The first-order valence-electron chi connectivity index (χ1n) is 10.0. The molecule has 1 heterocycles. The Labute approximate surface area is 177 Å². The highest BCUT2D eigenvalue weighted by Gasteiger charge is 2.31. The van der Waals surface area contributed by atoms with E-state index in [-0.39, 0.29) is 18.2 Å². The Hall–Kier alpha value is -1.82. The summed E-state index contributed by atoms with van der Waals surface area (Å²) in [7, 11) is -3.44. The van der Waals surface area contributed by atoms with Crippen LogP contribution >= 0.6 is 0 Å². The van der Waals surface area contributed by atoms with Crippen LogP contribution in [0.1, 0.15) is 19.4 Å². The van der Waals surface area contributed by atoms with Crippen LogP contribution in [0.15, 0.2) is 24.3 Å². The van der Waals surface area contributed by atoms with Gasteiger partial charge in [0.25, 0.3) is 10.2 Å². The first-order valence-corrected chi connectivity index (χ1v) is 11.4. The van der Waals surface area contributed by atoms with Crippen LogP contribution < -0.4 is 10.1 Å². The predicted octanol–water partition coefficient (Wildman–Crippen LogP) is 1.15. The maximum Gasteiger partial charge on any atom is 0.387 e. The summed E-state index contributed by atoms with van der Waals surface area (Å²) in [4.78, 5) is 14.1. The van der Waals surface area contributed by atoms with E-state index < -0.39 is 16.8 Å². The van der Waals surface area contributed by atoms with Crippen LogP contribution in [-0.4, -0.2) is 86.8 Å². The lowest BCUT2D eigenvalue weighted by Gasteiger charge is -2.35. The van der Waals surface area contributed by atoms with Crippen LogP contribution in [0, 0.1) is 0 Å². The molecule has 0 spiro atoms. The SMILES string of the molecule is CCN(CC)S(=O)(=O)N1CCN(CC(=O)NCCc2ccc(OC(F)F)cc2)CC1. The van der Waals surface area contributed by atoms with Gasteiger partial charge in [0, 0.05) is 45.8 Å². The zero-order valence-electron chi connectivity index (χ0n) is 17.4. The normalized spacial score (nSPS) is 16.2. The van der Waals surface area contributed by atoms with Gasteiger partial charge in [0.15, 0.2) is 0 Å². The minimum absolute atomic E-state index is 0.0972. The molecule has 0 aliphatic carbocycles. The van der Waals surface area contributed by atoms with Crippen molar-refractivity contribution in [1.82, 2.24) is 18.8 Å². The molecule has 11 heteroatoms. The number of piperazine rings is 1. The number of rotatable bonds is 11. The number of amides is 1. The smallest absolute Gasteiger partial charge is 0.387 e. The highest BCUT2D eigenvalue weighted by atomic mass is 32.2. The number of carbonyl (C=O) groups excluding carboxylic acids is 1. The Kier molecular flexibility index (Phi) is 9.40. The van der Waals surface area contributed by atoms with E-state index in [1.807, 2.05) is 18.7 Å². The summed E-state index contributed by atoms with van der Waals surface area (Å²) in [6.45, 7) is 3.99. The second-order valence-corrected chi connectivity index (χ2v) is 8.82. The Balaban J connectivity index is 1.70. The zero-order chi connectivity index (χ0) is 22.1. The lowest BCUT2D eigenvalue weighted by Crippen LogP contribution is -2.54. The molecule has 1 aliphatic rings. The van der Waals surface area contributed by atoms with Crippen molar-refractivity contribution in [3.63, 3.8) is 0 Å². The Bertz CT molecular complexity index is 765. The topological polar surface area (TPSA) is 82.2 Å². The maximum atomic E-state index is 12.5. The average molecular weight is 449 g/mol. The fourth-order valence-corrected chi connectivity index (χ4v) is 4.88. The molecule has 2 rings (SSSR count). The predicted molar refractivity (Wildman–Crippen MR) is 110 cm³/mol. The molecule has 1 aromatic rings. The van der Waals surface area contributed by atoms with Gasteiger partial charge in [-0.1, -0.05) is 26.0 Å². The quantitative estimate of drug-likeness (QED) is 0.549. The molecular weight excluding hydrogens is 418 g/mol. The minimum Gasteiger partial charge on any atom is -0.435 e. The minimum atomic E-state index is -3.44. The van der Waals surface area contributed by atoms with Crippen molar-refractivity contribution in [3.8, 4) is 5.75 Å². The van der Waals surface area contributed by atoms with Gasteiger partial charge in [-0.3, -0.25) is 9.69 Å². The first-order chi connectivity index (χ1) is 14.3. The number of hydrogen-bond acceptors (Lipinski definition) is 5. The first kappa shape index (κ1) is 24.4. The van der Waals surface area contributed by atoms with Gasteiger partial charge in [-0.15, -0.1) is 0 Å². The second-order valence-electron chi connectivity index (χ2n) is 6.89. The summed E-state index contributed by atoms with van der Waals surface area (Å²) in [5.41, 5.74) is 0.895. The number of halogens is 2. The molecule has 0 aromatic heterocycles. The lowest BCUT2D eigenvalue weighted by atomic mass is 10.1. The number of alkyl halides is 2. The van der Waals surface area contributed by atoms with Crippen LogP contribution in [0.5, 0.6) is 5.75 Å². The fraction of sp³-hybridized carbons (Fsp3) is 0.632. The van der Waals surface area contributed by atoms with Gasteiger partial charge in [0.2, 0.25) is 5.91 Å². The van der Waals surface area contributed by atoms with E-state index in [0.717, 1.165) is 5.56 Å². The average Bonchev–Trinajstić information content (AvgIpc) is 2.70. The van der Waals surface area contributed by atoms with E-state index in [1.165, 1.54) is 20.7 Å². The van der Waals surface area contributed by atoms with Crippen molar-refractivity contribution in [3.05, 3.63) is 29.8 Å². The number of ether oxygens (including phenoxy) is 1. The molecule has 8 nitrogen and oxygen atoms in total. The number of nitrogens with one attached hydrogen (secondary N) is 1. The zero-order valence-corrected chi connectivity index (χ0v) is 18.2. The summed E-state index contributed by atoms with van der Waals surface area (Å²) in [5.74, 6) is -0.0346. The largest absolute Gasteiger partial charge is 0.435 e. The lowest BCUT2D eigenvalue weighted by molar-refractivity contribution is -0.122. The highest BCUT2D eigenvalue weighted by molar-refractivity contribution is 7.86. The highest BCUT2D eigenvalue weighted by Crippen LogP contribution is 2.15. The summed E-state index contributed by atoms with van der Waals surface area (Å²) >= 11 is 0. The van der Waals surface area contributed by atoms with E-state index in [1.54, 1.807) is 12.1 Å². The number of hydrogen-bond donors (Lipinski definition) is 1. The molecule has 170 valence electrons. The van der Waals surface area contributed by atoms with Gasteiger partial charge >= 0.3 is 6.61 Å². The summed E-state index contributed by atoms with van der Waals surface area (Å²) < 4.78 is 56.6. The van der Waals surface area contributed by atoms with Gasteiger partial charge in [0.05, 0.1) is 6.54 Å². The maximum absolute atomic E-state index is 12.5. The molecule has 0 atom stereocenters. The molecule has 30 heavy (non-hydrogen) atoms. The van der Waals surface area contributed by atoms with Crippen molar-refractivity contribution < 1.29 is 26.7 Å². The third-order valence-electron chi connectivity index (χ3n) is 4.94. The molecule has 1 saturated heterocycles. The van der Waals surface area contributed by atoms with Crippen molar-refractivity contribution in [1.29, 1.82) is 0 Å². The number of carbonyl (C=O) groups is 1. The van der Waals surface area contributed by atoms with Gasteiger partial charge in [-0.05, 0) is 24.1 Å². The van der Waals surface area contributed by atoms with Gasteiger partial charge < -0.3 is 10.1 Å². The van der Waals surface area contributed by atoms with Crippen LogP contribution in [0.4, 0.5) is 8.78 Å². The molecule has 0 unspecified atom stereocenters. The molecule has 1 aliphatic heterocycles. The van der Waals surface area contributed by atoms with Gasteiger partial charge in [-0.25, -0.2) is 0 Å². The Morgan fingerprint density at radius 1 is 1.13 bits per heavy atom.